The van der Waals surface area contributed by atoms with Gasteiger partial charge in [0.2, 0.25) is 0 Å². The van der Waals surface area contributed by atoms with Crippen molar-refractivity contribution >= 4 is 56.1 Å². The highest BCUT2D eigenvalue weighted by Crippen LogP contribution is 2.46. The Hall–Kier alpha value is -6.16. The third kappa shape index (κ3) is 7.51. The molecule has 306 valence electrons. The van der Waals surface area contributed by atoms with Gasteiger partial charge in [-0.05, 0) is 65.1 Å². The average molecular weight is 797 g/mol. The maximum atomic E-state index is 14.2. The maximum absolute atomic E-state index is 14.2. The molecule has 0 aliphatic rings. The number of esters is 3. The minimum absolute atomic E-state index is 0.00538. The topological polar surface area (TPSA) is 219 Å². The van der Waals surface area contributed by atoms with Crippen LogP contribution in [0.4, 0.5) is 0 Å². The third-order valence-corrected chi connectivity index (χ3v) is 10.2. The number of methoxy groups -OCH3 is 3. The van der Waals surface area contributed by atoms with E-state index in [-0.39, 0.29) is 63.4 Å². The summed E-state index contributed by atoms with van der Waals surface area (Å²) in [6, 6.07) is 10.5. The minimum Gasteiger partial charge on any atom is -0.493 e. The van der Waals surface area contributed by atoms with E-state index in [1.165, 1.54) is 27.4 Å². The SMILES string of the molecule is COc1cc(-c2c3c4cc(OC)c(OC(=O)[C@@H](N)C(C)C)cc4oc(=O)c3n3ccc4cc(OC(=O)[C@@H](N)C(C)C)c(OC)cc4c23)ccc1OC(=O)[C@@H](N)C(C)C. The second-order valence-electron chi connectivity index (χ2n) is 15.1. The van der Waals surface area contributed by atoms with Crippen LogP contribution in [0.1, 0.15) is 41.5 Å². The molecular formula is C43H48N4O11. The minimum atomic E-state index is -0.919. The molecule has 0 aliphatic heterocycles. The maximum Gasteiger partial charge on any atom is 0.361 e. The van der Waals surface area contributed by atoms with E-state index in [0.29, 0.717) is 38.2 Å². The lowest BCUT2D eigenvalue weighted by atomic mass is 9.97. The van der Waals surface area contributed by atoms with Crippen LogP contribution in [-0.4, -0.2) is 61.8 Å². The quantitative estimate of drug-likeness (QED) is 0.0725. The van der Waals surface area contributed by atoms with Gasteiger partial charge in [-0.25, -0.2) is 19.2 Å². The van der Waals surface area contributed by atoms with Crippen molar-refractivity contribution < 1.29 is 47.2 Å². The summed E-state index contributed by atoms with van der Waals surface area (Å²) < 4.78 is 41.9. The molecule has 0 radical (unpaired) electrons. The molecule has 0 unspecified atom stereocenters. The van der Waals surface area contributed by atoms with Gasteiger partial charge in [0.1, 0.15) is 29.2 Å². The van der Waals surface area contributed by atoms with Crippen LogP contribution in [0.3, 0.4) is 0 Å². The second kappa shape index (κ2) is 16.4. The zero-order valence-electron chi connectivity index (χ0n) is 33.8. The van der Waals surface area contributed by atoms with Crippen molar-refractivity contribution in [3.8, 4) is 45.6 Å². The first-order valence-electron chi connectivity index (χ1n) is 18.7. The summed E-state index contributed by atoms with van der Waals surface area (Å²) in [4.78, 5) is 53.0. The molecule has 58 heavy (non-hydrogen) atoms. The fourth-order valence-corrected chi connectivity index (χ4v) is 6.52. The van der Waals surface area contributed by atoms with E-state index in [1.807, 2.05) is 27.7 Å². The van der Waals surface area contributed by atoms with Gasteiger partial charge in [-0.1, -0.05) is 47.6 Å². The first-order valence-corrected chi connectivity index (χ1v) is 18.7. The average Bonchev–Trinajstić information content (AvgIpc) is 3.55. The van der Waals surface area contributed by atoms with Crippen molar-refractivity contribution in [2.45, 2.75) is 59.7 Å². The van der Waals surface area contributed by atoms with E-state index in [2.05, 4.69) is 0 Å². The van der Waals surface area contributed by atoms with E-state index in [0.717, 1.165) is 0 Å². The molecule has 0 saturated heterocycles. The van der Waals surface area contributed by atoms with Gasteiger partial charge in [0, 0.05) is 34.0 Å². The van der Waals surface area contributed by atoms with Gasteiger partial charge < -0.3 is 54.4 Å². The highest BCUT2D eigenvalue weighted by molar-refractivity contribution is 6.22. The van der Waals surface area contributed by atoms with Crippen molar-refractivity contribution in [3.63, 3.8) is 0 Å². The Morgan fingerprint density at radius 2 is 1.07 bits per heavy atom. The molecule has 6 rings (SSSR count). The summed E-state index contributed by atoms with van der Waals surface area (Å²) in [6.45, 7) is 10.8. The van der Waals surface area contributed by atoms with Gasteiger partial charge in [-0.3, -0.25) is 0 Å². The second-order valence-corrected chi connectivity index (χ2v) is 15.1. The largest absolute Gasteiger partial charge is 0.493 e. The lowest BCUT2D eigenvalue weighted by molar-refractivity contribution is -0.137. The number of hydrogen-bond donors (Lipinski definition) is 3. The van der Waals surface area contributed by atoms with Gasteiger partial charge >= 0.3 is 23.5 Å². The molecule has 6 aromatic rings. The molecule has 15 nitrogen and oxygen atoms in total. The number of carbonyl (C=O) groups excluding carboxylic acids is 3. The van der Waals surface area contributed by atoms with E-state index in [4.69, 9.17) is 50.0 Å². The first-order chi connectivity index (χ1) is 27.5. The monoisotopic (exact) mass is 796 g/mol. The van der Waals surface area contributed by atoms with Crippen LogP contribution in [0.25, 0.3) is 49.3 Å². The van der Waals surface area contributed by atoms with Crippen LogP contribution >= 0.6 is 0 Å². The van der Waals surface area contributed by atoms with Crippen molar-refractivity contribution in [2.75, 3.05) is 21.3 Å². The number of carbonyl (C=O) groups is 3. The first kappa shape index (κ1) is 41.5. The van der Waals surface area contributed by atoms with Crippen LogP contribution < -0.4 is 51.2 Å². The number of benzene rings is 3. The molecule has 0 saturated carbocycles. The highest BCUT2D eigenvalue weighted by Gasteiger charge is 2.28. The number of hydrogen-bond acceptors (Lipinski definition) is 14. The summed E-state index contributed by atoms with van der Waals surface area (Å²) in [6.07, 6.45) is 1.70. The summed E-state index contributed by atoms with van der Waals surface area (Å²) in [5.74, 6) is -1.60. The van der Waals surface area contributed by atoms with E-state index in [9.17, 15) is 19.2 Å². The van der Waals surface area contributed by atoms with Gasteiger partial charge in [0.15, 0.2) is 34.5 Å². The van der Waals surface area contributed by atoms with Crippen LogP contribution in [-0.2, 0) is 14.4 Å². The molecule has 0 bridgehead atoms. The van der Waals surface area contributed by atoms with Gasteiger partial charge in [0.25, 0.3) is 0 Å². The Bertz CT molecular complexity index is 2640. The lowest BCUT2D eigenvalue weighted by Crippen LogP contribution is -2.38. The fraction of sp³-hybridized carbons (Fsp3) is 0.349. The standard InChI is InChI=1S/C43H48N4O11/c1-19(2)35(44)40(48)55-26-11-10-23(15-28(26)52-7)33-34-25-17-30(54-9)32(58-42(50)37(46)21(5)6)18-27(25)56-43(51)39(34)47-13-12-22-14-31(57-41(49)36(45)20(3)4)29(53-8)16-24(22)38(33)47/h10-21,35-37H,44-46H2,1-9H3/t35-,36-,37-/m0/s1. The molecule has 3 atom stereocenters. The zero-order chi connectivity index (χ0) is 42.3. The molecule has 3 aromatic carbocycles. The molecule has 6 N–H and O–H groups in total. The summed E-state index contributed by atoms with van der Waals surface area (Å²) in [5.41, 5.74) is 19.4. The number of pyridine rings is 1. The van der Waals surface area contributed by atoms with Crippen molar-refractivity contribution in [1.29, 1.82) is 0 Å². The molecule has 3 heterocycles. The number of ether oxygens (including phenoxy) is 6. The molecule has 0 fully saturated rings. The molecule has 3 aromatic heterocycles. The predicted molar refractivity (Wildman–Crippen MR) is 219 cm³/mol. The molecular weight excluding hydrogens is 748 g/mol. The van der Waals surface area contributed by atoms with Crippen molar-refractivity contribution in [3.05, 3.63) is 65.1 Å². The van der Waals surface area contributed by atoms with Crippen LogP contribution in [0, 0.1) is 17.8 Å². The highest BCUT2D eigenvalue weighted by atomic mass is 16.6. The van der Waals surface area contributed by atoms with Gasteiger partial charge in [-0.15, -0.1) is 0 Å². The third-order valence-electron chi connectivity index (χ3n) is 10.2. The van der Waals surface area contributed by atoms with Crippen molar-refractivity contribution in [2.24, 2.45) is 35.0 Å². The van der Waals surface area contributed by atoms with E-state index >= 15 is 0 Å². The Labute approximate surface area is 333 Å². The van der Waals surface area contributed by atoms with Crippen LogP contribution in [0.2, 0.25) is 0 Å². The zero-order valence-corrected chi connectivity index (χ0v) is 33.8. The van der Waals surface area contributed by atoms with Crippen LogP contribution in [0.15, 0.2) is 63.9 Å². The normalized spacial score (nSPS) is 13.4. The Balaban J connectivity index is 1.69. The molecule has 0 amide bonds. The van der Waals surface area contributed by atoms with Gasteiger partial charge in [-0.2, -0.15) is 0 Å². The number of nitrogens with zero attached hydrogens (tertiary/aromatic N) is 1. The van der Waals surface area contributed by atoms with Gasteiger partial charge in [0.05, 0.1) is 26.8 Å². The Kier molecular flexibility index (Phi) is 11.7. The summed E-state index contributed by atoms with van der Waals surface area (Å²) in [7, 11) is 4.30. The van der Waals surface area contributed by atoms with Crippen molar-refractivity contribution in [1.82, 2.24) is 4.40 Å². The van der Waals surface area contributed by atoms with Crippen LogP contribution in [0.5, 0.6) is 34.5 Å². The smallest absolute Gasteiger partial charge is 0.361 e. The predicted octanol–water partition coefficient (Wildman–Crippen LogP) is 5.71. The molecule has 0 spiro atoms. The number of nitrogens with two attached hydrogens (primary N) is 3. The number of rotatable bonds is 13. The number of fused-ring (bicyclic) bond motifs is 7. The van der Waals surface area contributed by atoms with E-state index < -0.39 is 41.7 Å². The fourth-order valence-electron chi connectivity index (χ4n) is 6.52. The molecule has 0 aliphatic carbocycles. The molecule has 15 heteroatoms. The Morgan fingerprint density at radius 3 is 1.59 bits per heavy atom. The van der Waals surface area contributed by atoms with E-state index in [1.54, 1.807) is 66.9 Å². The Morgan fingerprint density at radius 1 is 0.586 bits per heavy atom. The number of aromatic nitrogens is 1. The summed E-state index contributed by atoms with van der Waals surface area (Å²) in [5, 5.41) is 2.10. The summed E-state index contributed by atoms with van der Waals surface area (Å²) >= 11 is 0. The lowest BCUT2D eigenvalue weighted by Gasteiger charge is -2.17.